The second-order valence-corrected chi connectivity index (χ2v) is 4.31. The zero-order chi connectivity index (χ0) is 16.7. The molecule has 0 radical (unpaired) electrons. The highest BCUT2D eigenvalue weighted by atomic mass is 16.5. The molecule has 0 saturated heterocycles. The third-order valence-corrected chi connectivity index (χ3v) is 2.77. The Bertz CT molecular complexity index is 688. The van der Waals surface area contributed by atoms with E-state index >= 15 is 0 Å². The van der Waals surface area contributed by atoms with E-state index in [4.69, 9.17) is 4.74 Å². The summed E-state index contributed by atoms with van der Waals surface area (Å²) in [5, 5.41) is 13.1. The van der Waals surface area contributed by atoms with Gasteiger partial charge in [-0.3, -0.25) is 5.32 Å². The van der Waals surface area contributed by atoms with Crippen LogP contribution in [-0.2, 0) is 9.47 Å². The summed E-state index contributed by atoms with van der Waals surface area (Å²) >= 11 is 0. The number of hydrogen-bond donors (Lipinski definition) is 2. The molecular formula is C15H16N4O4. The first-order valence-corrected chi connectivity index (χ1v) is 6.86. The lowest BCUT2D eigenvalue weighted by Crippen LogP contribution is -2.13. The van der Waals surface area contributed by atoms with Crippen LogP contribution in [0.3, 0.4) is 0 Å². The van der Waals surface area contributed by atoms with Gasteiger partial charge < -0.3 is 14.8 Å². The van der Waals surface area contributed by atoms with Crippen LogP contribution in [0, 0.1) is 0 Å². The number of esters is 1. The largest absolute Gasteiger partial charge is 0.462 e. The Morgan fingerprint density at radius 3 is 2.43 bits per heavy atom. The molecule has 120 valence electrons. The molecule has 0 aliphatic rings. The molecule has 0 aliphatic carbocycles. The van der Waals surface area contributed by atoms with Crippen molar-refractivity contribution in [3.8, 4) is 0 Å². The second kappa shape index (κ2) is 7.74. The SMILES string of the molecule is CCOC(=O)c1ccccc1Nc1ccc(NC(=O)OC)nn1. The molecule has 2 N–H and O–H groups in total. The molecule has 1 amide bonds. The van der Waals surface area contributed by atoms with Crippen LogP contribution in [0.15, 0.2) is 36.4 Å². The van der Waals surface area contributed by atoms with E-state index in [1.165, 1.54) is 7.11 Å². The predicted octanol–water partition coefficient (Wildman–Crippen LogP) is 2.58. The van der Waals surface area contributed by atoms with Crippen molar-refractivity contribution in [3.63, 3.8) is 0 Å². The number of anilines is 3. The van der Waals surface area contributed by atoms with Gasteiger partial charge in [-0.1, -0.05) is 12.1 Å². The van der Waals surface area contributed by atoms with E-state index in [9.17, 15) is 9.59 Å². The first-order chi connectivity index (χ1) is 11.1. The third-order valence-electron chi connectivity index (χ3n) is 2.77. The maximum absolute atomic E-state index is 11.9. The van der Waals surface area contributed by atoms with Gasteiger partial charge in [-0.05, 0) is 31.2 Å². The standard InChI is InChI=1S/C15H16N4O4/c1-3-23-14(20)10-6-4-5-7-11(10)16-12-8-9-13(19-18-12)17-15(21)22-2/h4-9H,3H2,1-2H3,(H,16,18)(H,17,19,21). The summed E-state index contributed by atoms with van der Waals surface area (Å²) in [6, 6.07) is 10.1. The molecule has 0 aliphatic heterocycles. The molecule has 0 fully saturated rings. The van der Waals surface area contributed by atoms with E-state index in [2.05, 4.69) is 25.6 Å². The Morgan fingerprint density at radius 2 is 1.78 bits per heavy atom. The van der Waals surface area contributed by atoms with Crippen molar-refractivity contribution < 1.29 is 19.1 Å². The number of rotatable bonds is 5. The van der Waals surface area contributed by atoms with E-state index in [-0.39, 0.29) is 5.82 Å². The number of hydrogen-bond acceptors (Lipinski definition) is 7. The molecule has 1 aromatic heterocycles. The molecule has 0 saturated carbocycles. The molecule has 0 unspecified atom stereocenters. The molecule has 2 aromatic rings. The number of methoxy groups -OCH3 is 1. The molecule has 0 atom stereocenters. The van der Waals surface area contributed by atoms with Crippen molar-refractivity contribution in [2.75, 3.05) is 24.4 Å². The molecule has 1 aromatic carbocycles. The number of benzene rings is 1. The normalized spacial score (nSPS) is 9.83. The number of carbonyl (C=O) groups excluding carboxylic acids is 2. The lowest BCUT2D eigenvalue weighted by Gasteiger charge is -2.10. The minimum Gasteiger partial charge on any atom is -0.462 e. The number of para-hydroxylation sites is 1. The monoisotopic (exact) mass is 316 g/mol. The van der Waals surface area contributed by atoms with Crippen LogP contribution >= 0.6 is 0 Å². The van der Waals surface area contributed by atoms with Crippen molar-refractivity contribution in [3.05, 3.63) is 42.0 Å². The third kappa shape index (κ3) is 4.40. The van der Waals surface area contributed by atoms with Crippen LogP contribution in [-0.4, -0.2) is 36.0 Å². The summed E-state index contributed by atoms with van der Waals surface area (Å²) in [7, 11) is 1.25. The number of carbonyl (C=O) groups is 2. The van der Waals surface area contributed by atoms with Gasteiger partial charge in [-0.2, -0.15) is 0 Å². The van der Waals surface area contributed by atoms with Gasteiger partial charge in [0.25, 0.3) is 0 Å². The Morgan fingerprint density at radius 1 is 1.09 bits per heavy atom. The van der Waals surface area contributed by atoms with Gasteiger partial charge in [0.1, 0.15) is 0 Å². The highest BCUT2D eigenvalue weighted by Gasteiger charge is 2.12. The summed E-state index contributed by atoms with van der Waals surface area (Å²) in [6.07, 6.45) is -0.632. The number of aromatic nitrogens is 2. The van der Waals surface area contributed by atoms with Gasteiger partial charge in [-0.15, -0.1) is 10.2 Å². The van der Waals surface area contributed by atoms with E-state index < -0.39 is 12.1 Å². The molecule has 2 rings (SSSR count). The zero-order valence-corrected chi connectivity index (χ0v) is 12.7. The minimum atomic E-state index is -0.632. The minimum absolute atomic E-state index is 0.251. The molecule has 8 heteroatoms. The van der Waals surface area contributed by atoms with E-state index in [0.29, 0.717) is 23.7 Å². The van der Waals surface area contributed by atoms with Crippen LogP contribution < -0.4 is 10.6 Å². The summed E-state index contributed by atoms with van der Waals surface area (Å²) in [5.74, 6) is 0.241. The van der Waals surface area contributed by atoms with Crippen molar-refractivity contribution in [2.45, 2.75) is 6.92 Å². The first kappa shape index (κ1) is 16.2. The summed E-state index contributed by atoms with van der Waals surface area (Å²) in [6.45, 7) is 2.04. The van der Waals surface area contributed by atoms with Crippen molar-refractivity contribution in [1.82, 2.24) is 10.2 Å². The first-order valence-electron chi connectivity index (χ1n) is 6.86. The van der Waals surface area contributed by atoms with Crippen LogP contribution in [0.5, 0.6) is 0 Å². The number of amides is 1. The second-order valence-electron chi connectivity index (χ2n) is 4.31. The molecule has 23 heavy (non-hydrogen) atoms. The Labute approximate surface area is 132 Å². The van der Waals surface area contributed by atoms with Gasteiger partial charge in [0.05, 0.1) is 25.0 Å². The van der Waals surface area contributed by atoms with Crippen LogP contribution in [0.1, 0.15) is 17.3 Å². The van der Waals surface area contributed by atoms with Gasteiger partial charge in [0, 0.05) is 0 Å². The van der Waals surface area contributed by atoms with Crippen LogP contribution in [0.4, 0.5) is 22.1 Å². The van der Waals surface area contributed by atoms with Crippen molar-refractivity contribution >= 4 is 29.4 Å². The highest BCUT2D eigenvalue weighted by Crippen LogP contribution is 2.20. The lowest BCUT2D eigenvalue weighted by molar-refractivity contribution is 0.0527. The molecule has 8 nitrogen and oxygen atoms in total. The van der Waals surface area contributed by atoms with Crippen molar-refractivity contribution in [2.24, 2.45) is 0 Å². The summed E-state index contributed by atoms with van der Waals surface area (Å²) in [4.78, 5) is 23.0. The van der Waals surface area contributed by atoms with Crippen molar-refractivity contribution in [1.29, 1.82) is 0 Å². The topological polar surface area (TPSA) is 102 Å². The smallest absolute Gasteiger partial charge is 0.412 e. The number of ether oxygens (including phenoxy) is 2. The fourth-order valence-electron chi connectivity index (χ4n) is 1.74. The van der Waals surface area contributed by atoms with Crippen LogP contribution in [0.2, 0.25) is 0 Å². The van der Waals surface area contributed by atoms with Gasteiger partial charge in [0.2, 0.25) is 0 Å². The maximum atomic E-state index is 11.9. The van der Waals surface area contributed by atoms with E-state index in [1.807, 2.05) is 0 Å². The Kier molecular flexibility index (Phi) is 5.45. The fraction of sp³-hybridized carbons (Fsp3) is 0.200. The average Bonchev–Trinajstić information content (AvgIpc) is 2.57. The Hall–Kier alpha value is -3.16. The van der Waals surface area contributed by atoms with Gasteiger partial charge in [-0.25, -0.2) is 9.59 Å². The summed E-state index contributed by atoms with van der Waals surface area (Å²) < 4.78 is 9.47. The van der Waals surface area contributed by atoms with Crippen LogP contribution in [0.25, 0.3) is 0 Å². The molecule has 1 heterocycles. The number of nitrogens with zero attached hydrogens (tertiary/aromatic N) is 2. The quantitative estimate of drug-likeness (QED) is 0.817. The number of nitrogens with one attached hydrogen (secondary N) is 2. The van der Waals surface area contributed by atoms with E-state index in [0.717, 1.165) is 0 Å². The molecular weight excluding hydrogens is 300 g/mol. The Balaban J connectivity index is 2.13. The molecule has 0 bridgehead atoms. The van der Waals surface area contributed by atoms with Gasteiger partial charge >= 0.3 is 12.1 Å². The highest BCUT2D eigenvalue weighted by molar-refractivity contribution is 5.96. The zero-order valence-electron chi connectivity index (χ0n) is 12.7. The maximum Gasteiger partial charge on any atom is 0.412 e. The van der Waals surface area contributed by atoms with Gasteiger partial charge in [0.15, 0.2) is 11.6 Å². The fourth-order valence-corrected chi connectivity index (χ4v) is 1.74. The van der Waals surface area contributed by atoms with E-state index in [1.54, 1.807) is 43.3 Å². The predicted molar refractivity (Wildman–Crippen MR) is 83.7 cm³/mol. The lowest BCUT2D eigenvalue weighted by atomic mass is 10.2. The average molecular weight is 316 g/mol. The summed E-state index contributed by atoms with van der Waals surface area (Å²) in [5.41, 5.74) is 0.946. The molecule has 0 spiro atoms.